The van der Waals surface area contributed by atoms with Crippen molar-refractivity contribution in [2.45, 2.75) is 51.1 Å². The molecule has 5 nitrogen and oxygen atoms in total. The van der Waals surface area contributed by atoms with Crippen molar-refractivity contribution in [3.05, 3.63) is 58.7 Å². The van der Waals surface area contributed by atoms with Crippen LogP contribution in [-0.2, 0) is 23.1 Å². The molecule has 1 saturated heterocycles. The average Bonchev–Trinajstić information content (AvgIpc) is 2.69. The molecule has 1 heterocycles. The van der Waals surface area contributed by atoms with Gasteiger partial charge in [0.25, 0.3) is 0 Å². The zero-order chi connectivity index (χ0) is 20.1. The third-order valence-corrected chi connectivity index (χ3v) is 6.94. The summed E-state index contributed by atoms with van der Waals surface area (Å²) in [5, 5.41) is 0. The van der Waals surface area contributed by atoms with Crippen LogP contribution in [0.25, 0.3) is 0 Å². The molecule has 1 fully saturated rings. The fourth-order valence-electron chi connectivity index (χ4n) is 3.77. The zero-order valence-corrected chi connectivity index (χ0v) is 17.8. The lowest BCUT2D eigenvalue weighted by Crippen LogP contribution is -2.30. The van der Waals surface area contributed by atoms with E-state index in [0.29, 0.717) is 16.2 Å². The summed E-state index contributed by atoms with van der Waals surface area (Å²) < 4.78 is 33.9. The summed E-state index contributed by atoms with van der Waals surface area (Å²) in [6.07, 6.45) is 3.79. The van der Waals surface area contributed by atoms with E-state index in [9.17, 15) is 8.42 Å². The number of hydrogen-bond donors (Lipinski definition) is 1. The highest BCUT2D eigenvalue weighted by Gasteiger charge is 2.19. The maximum atomic E-state index is 12.9. The van der Waals surface area contributed by atoms with Gasteiger partial charge in [-0.2, -0.15) is 0 Å². The number of sulfonamides is 1. The summed E-state index contributed by atoms with van der Waals surface area (Å²) in [4.78, 5) is 2.76. The minimum Gasteiger partial charge on any atom is -0.496 e. The Hall–Kier alpha value is -1.89. The first-order valence-corrected chi connectivity index (χ1v) is 11.3. The Balaban J connectivity index is 1.75. The fourth-order valence-corrected chi connectivity index (χ4v) is 5.08. The van der Waals surface area contributed by atoms with Crippen molar-refractivity contribution < 1.29 is 13.2 Å². The first kappa shape index (κ1) is 20.8. The van der Waals surface area contributed by atoms with E-state index >= 15 is 0 Å². The molecule has 0 aromatic heterocycles. The maximum absolute atomic E-state index is 12.9. The quantitative estimate of drug-likeness (QED) is 0.766. The van der Waals surface area contributed by atoms with Crippen LogP contribution in [0.1, 0.15) is 41.5 Å². The number of nitrogens with one attached hydrogen (secondary N) is 1. The van der Waals surface area contributed by atoms with E-state index in [0.717, 1.165) is 30.8 Å². The second-order valence-corrected chi connectivity index (χ2v) is 9.25. The lowest BCUT2D eigenvalue weighted by molar-refractivity contribution is 0.220. The first-order chi connectivity index (χ1) is 13.4. The molecule has 1 aliphatic heterocycles. The lowest BCUT2D eigenvalue weighted by atomic mass is 10.1. The Kier molecular flexibility index (Phi) is 6.75. The van der Waals surface area contributed by atoms with Gasteiger partial charge >= 0.3 is 0 Å². The molecule has 0 saturated carbocycles. The van der Waals surface area contributed by atoms with Gasteiger partial charge in [-0.1, -0.05) is 30.7 Å². The van der Waals surface area contributed by atoms with Gasteiger partial charge in [-0.15, -0.1) is 0 Å². The van der Waals surface area contributed by atoms with E-state index < -0.39 is 10.0 Å². The highest BCUT2D eigenvalue weighted by molar-refractivity contribution is 7.89. The van der Waals surface area contributed by atoms with Gasteiger partial charge in [-0.25, -0.2) is 13.1 Å². The minimum atomic E-state index is -3.61. The summed E-state index contributed by atoms with van der Waals surface area (Å²) in [6.45, 7) is 7.04. The Bertz CT molecular complexity index is 919. The molecule has 1 N–H and O–H groups in total. The first-order valence-electron chi connectivity index (χ1n) is 9.85. The van der Waals surface area contributed by atoms with Gasteiger partial charge in [0.15, 0.2) is 0 Å². The normalized spacial score (nSPS) is 15.5. The SMILES string of the molecule is COc1cc(C)c(S(=O)(=O)NCc2ccccc2CN2CCCCC2)cc1C. The van der Waals surface area contributed by atoms with Crippen LogP contribution in [0.3, 0.4) is 0 Å². The number of piperidine rings is 1. The number of nitrogens with zero attached hydrogens (tertiary/aromatic N) is 1. The fraction of sp³-hybridized carbons (Fsp3) is 0.455. The molecule has 6 heteroatoms. The number of methoxy groups -OCH3 is 1. The van der Waals surface area contributed by atoms with Crippen molar-refractivity contribution >= 4 is 10.0 Å². The van der Waals surface area contributed by atoms with Gasteiger partial charge in [-0.3, -0.25) is 4.90 Å². The van der Waals surface area contributed by atoms with Crippen molar-refractivity contribution in [2.75, 3.05) is 20.2 Å². The molecule has 28 heavy (non-hydrogen) atoms. The molecule has 2 aromatic rings. The summed E-state index contributed by atoms with van der Waals surface area (Å²) in [5.41, 5.74) is 3.70. The van der Waals surface area contributed by atoms with Crippen LogP contribution in [0.15, 0.2) is 41.3 Å². The smallest absolute Gasteiger partial charge is 0.241 e. The van der Waals surface area contributed by atoms with Crippen molar-refractivity contribution in [3.8, 4) is 5.75 Å². The average molecular weight is 403 g/mol. The zero-order valence-electron chi connectivity index (χ0n) is 17.0. The largest absolute Gasteiger partial charge is 0.496 e. The lowest BCUT2D eigenvalue weighted by Gasteiger charge is -2.27. The van der Waals surface area contributed by atoms with Gasteiger partial charge in [-0.05, 0) is 74.2 Å². The van der Waals surface area contributed by atoms with Crippen molar-refractivity contribution in [1.82, 2.24) is 9.62 Å². The molecule has 0 aliphatic carbocycles. The number of aryl methyl sites for hydroxylation is 2. The van der Waals surface area contributed by atoms with Gasteiger partial charge in [0, 0.05) is 13.1 Å². The number of hydrogen-bond acceptors (Lipinski definition) is 4. The molecule has 3 rings (SSSR count). The topological polar surface area (TPSA) is 58.6 Å². The molecule has 1 aliphatic rings. The molecule has 0 amide bonds. The minimum absolute atomic E-state index is 0.289. The molecule has 2 aromatic carbocycles. The van der Waals surface area contributed by atoms with Gasteiger partial charge in [0.1, 0.15) is 5.75 Å². The van der Waals surface area contributed by atoms with Crippen molar-refractivity contribution in [1.29, 1.82) is 0 Å². The second kappa shape index (κ2) is 9.07. The Morgan fingerprint density at radius 3 is 2.36 bits per heavy atom. The van der Waals surface area contributed by atoms with Crippen LogP contribution in [0.2, 0.25) is 0 Å². The standard InChI is InChI=1S/C22H30N2O3S/c1-17-14-22(18(2)13-21(17)27-3)28(25,26)23-15-19-9-5-6-10-20(19)16-24-11-7-4-8-12-24/h5-6,9-10,13-14,23H,4,7-8,11-12,15-16H2,1-3H3. The molecule has 152 valence electrons. The molecule has 0 radical (unpaired) electrons. The summed E-state index contributed by atoms with van der Waals surface area (Å²) in [6, 6.07) is 11.5. The van der Waals surface area contributed by atoms with Gasteiger partial charge in [0.2, 0.25) is 10.0 Å². The van der Waals surface area contributed by atoms with E-state index in [-0.39, 0.29) is 6.54 Å². The highest BCUT2D eigenvalue weighted by atomic mass is 32.2. The van der Waals surface area contributed by atoms with E-state index in [1.165, 1.54) is 24.8 Å². The third kappa shape index (κ3) is 4.93. The van der Waals surface area contributed by atoms with Crippen LogP contribution in [0, 0.1) is 13.8 Å². The van der Waals surface area contributed by atoms with E-state index in [1.54, 1.807) is 26.2 Å². The molecule has 0 bridgehead atoms. The van der Waals surface area contributed by atoms with Crippen LogP contribution >= 0.6 is 0 Å². The summed E-state index contributed by atoms with van der Waals surface area (Å²) >= 11 is 0. The predicted molar refractivity (Wildman–Crippen MR) is 112 cm³/mol. The maximum Gasteiger partial charge on any atom is 0.241 e. The van der Waals surface area contributed by atoms with Gasteiger partial charge in [0.05, 0.1) is 12.0 Å². The van der Waals surface area contributed by atoms with Gasteiger partial charge < -0.3 is 4.74 Å². The summed E-state index contributed by atoms with van der Waals surface area (Å²) in [5.74, 6) is 0.698. The Morgan fingerprint density at radius 1 is 1.00 bits per heavy atom. The molecule has 0 unspecified atom stereocenters. The molecule has 0 spiro atoms. The highest BCUT2D eigenvalue weighted by Crippen LogP contribution is 2.26. The summed E-state index contributed by atoms with van der Waals surface area (Å²) in [7, 11) is -2.01. The van der Waals surface area contributed by atoms with Crippen LogP contribution in [0.5, 0.6) is 5.75 Å². The van der Waals surface area contributed by atoms with E-state index in [4.69, 9.17) is 4.74 Å². The Labute approximate surface area is 168 Å². The molecule has 0 atom stereocenters. The number of benzene rings is 2. The second-order valence-electron chi connectivity index (χ2n) is 7.52. The van der Waals surface area contributed by atoms with E-state index in [1.807, 2.05) is 25.1 Å². The molecular weight excluding hydrogens is 372 g/mol. The van der Waals surface area contributed by atoms with Crippen LogP contribution in [-0.4, -0.2) is 33.5 Å². The van der Waals surface area contributed by atoms with Crippen molar-refractivity contribution in [3.63, 3.8) is 0 Å². The van der Waals surface area contributed by atoms with Crippen molar-refractivity contribution in [2.24, 2.45) is 0 Å². The van der Waals surface area contributed by atoms with Crippen LogP contribution < -0.4 is 9.46 Å². The Morgan fingerprint density at radius 2 is 1.68 bits per heavy atom. The van der Waals surface area contributed by atoms with E-state index in [2.05, 4.69) is 15.7 Å². The van der Waals surface area contributed by atoms with Crippen LogP contribution in [0.4, 0.5) is 0 Å². The monoisotopic (exact) mass is 402 g/mol. The predicted octanol–water partition coefficient (Wildman–Crippen LogP) is 3.78. The molecular formula is C22H30N2O3S. The third-order valence-electron chi connectivity index (χ3n) is 5.40. The number of likely N-dealkylation sites (tertiary alicyclic amines) is 1. The number of rotatable bonds is 7. The number of ether oxygens (including phenoxy) is 1.